The summed E-state index contributed by atoms with van der Waals surface area (Å²) in [7, 11) is 0. The monoisotopic (exact) mass is 432 g/mol. The summed E-state index contributed by atoms with van der Waals surface area (Å²) < 4.78 is 26.6. The summed E-state index contributed by atoms with van der Waals surface area (Å²) in [5, 5.41) is 0. The van der Waals surface area contributed by atoms with Gasteiger partial charge in [-0.1, -0.05) is 54.6 Å². The molecular weight excluding hydrogens is 406 g/mol. The zero-order valence-corrected chi connectivity index (χ0v) is 18.0. The lowest BCUT2D eigenvalue weighted by Gasteiger charge is -2.44. The predicted octanol–water partition coefficient (Wildman–Crippen LogP) is 6.75. The second-order valence-electron chi connectivity index (χ2n) is 8.08. The normalized spacial score (nSPS) is 17.3. The maximum absolute atomic E-state index is 13.4. The number of urea groups is 1. The fourth-order valence-electron chi connectivity index (χ4n) is 4.32. The Balaban J connectivity index is 1.53. The van der Waals surface area contributed by atoms with Gasteiger partial charge >= 0.3 is 6.03 Å². The molecule has 2 amide bonds. The van der Waals surface area contributed by atoms with E-state index in [0.29, 0.717) is 13.1 Å². The average Bonchev–Trinajstić information content (AvgIpc) is 2.81. The van der Waals surface area contributed by atoms with Crippen LogP contribution in [0, 0.1) is 11.6 Å². The van der Waals surface area contributed by atoms with Crippen molar-refractivity contribution in [3.8, 4) is 11.1 Å². The first-order chi connectivity index (χ1) is 15.5. The Kier molecular flexibility index (Phi) is 6.35. The molecule has 1 fully saturated rings. The number of amides is 2. The quantitative estimate of drug-likeness (QED) is 0.395. The van der Waals surface area contributed by atoms with Crippen molar-refractivity contribution in [1.29, 1.82) is 0 Å². The first kappa shape index (κ1) is 21.8. The van der Waals surface area contributed by atoms with E-state index in [0.717, 1.165) is 28.7 Å². The minimum absolute atomic E-state index is 0.0550. The zero-order chi connectivity index (χ0) is 22.7. The van der Waals surface area contributed by atoms with Crippen LogP contribution in [0.3, 0.4) is 0 Å². The highest BCUT2D eigenvalue weighted by Gasteiger charge is 2.36. The van der Waals surface area contributed by atoms with Gasteiger partial charge in [-0.2, -0.15) is 0 Å². The smallest absolute Gasteiger partial charge is 0.318 e. The van der Waals surface area contributed by atoms with Crippen LogP contribution < -0.4 is 0 Å². The third kappa shape index (κ3) is 4.42. The molecule has 0 radical (unpaired) electrons. The molecule has 1 aliphatic rings. The number of rotatable bonds is 6. The molecule has 4 rings (SSSR count). The molecule has 5 heteroatoms. The van der Waals surface area contributed by atoms with Crippen LogP contribution in [-0.2, 0) is 0 Å². The van der Waals surface area contributed by atoms with E-state index in [4.69, 9.17) is 0 Å². The predicted molar refractivity (Wildman–Crippen MR) is 123 cm³/mol. The van der Waals surface area contributed by atoms with Crippen molar-refractivity contribution in [2.75, 3.05) is 13.1 Å². The molecule has 1 saturated heterocycles. The van der Waals surface area contributed by atoms with E-state index < -0.39 is 0 Å². The van der Waals surface area contributed by atoms with Crippen LogP contribution in [0.25, 0.3) is 11.1 Å². The van der Waals surface area contributed by atoms with Gasteiger partial charge in [0.1, 0.15) is 11.6 Å². The van der Waals surface area contributed by atoms with Gasteiger partial charge in [-0.25, -0.2) is 13.6 Å². The topological polar surface area (TPSA) is 23.6 Å². The van der Waals surface area contributed by atoms with Crippen LogP contribution in [0.2, 0.25) is 0 Å². The first-order valence-corrected chi connectivity index (χ1v) is 10.8. The van der Waals surface area contributed by atoms with Gasteiger partial charge in [0, 0.05) is 13.1 Å². The van der Waals surface area contributed by atoms with Crippen molar-refractivity contribution in [3.05, 3.63) is 108 Å². The van der Waals surface area contributed by atoms with E-state index in [1.165, 1.54) is 24.3 Å². The van der Waals surface area contributed by atoms with Gasteiger partial charge in [0.25, 0.3) is 0 Å². The molecule has 1 unspecified atom stereocenters. The first-order valence-electron chi connectivity index (χ1n) is 10.8. The van der Waals surface area contributed by atoms with Crippen molar-refractivity contribution in [2.45, 2.75) is 25.4 Å². The van der Waals surface area contributed by atoms with Gasteiger partial charge in [0.15, 0.2) is 0 Å². The van der Waals surface area contributed by atoms with E-state index in [1.807, 2.05) is 36.1 Å². The third-order valence-electron chi connectivity index (χ3n) is 6.13. The molecule has 1 heterocycles. The maximum atomic E-state index is 13.4. The van der Waals surface area contributed by atoms with Crippen molar-refractivity contribution in [2.24, 2.45) is 0 Å². The lowest BCUT2D eigenvalue weighted by molar-refractivity contribution is 0.0880. The summed E-state index contributed by atoms with van der Waals surface area (Å²) in [6.45, 7) is 6.86. The molecule has 3 nitrogen and oxygen atoms in total. The molecule has 164 valence electrons. The standard InChI is InChI=1S/C27H26F2N2O/c1-3-17-31-26(23-10-14-25(29)15-11-23)16-18-30(27(31)32)19(2)20-4-6-21(7-5-20)22-8-12-24(28)13-9-22/h3-15,19,26H,1,16-18H2,2H3/t19-,26?/m0/s1. The van der Waals surface area contributed by atoms with Crippen molar-refractivity contribution < 1.29 is 13.6 Å². The molecule has 0 saturated carbocycles. The molecular formula is C27H26F2N2O. The fraction of sp³-hybridized carbons (Fsp3) is 0.222. The zero-order valence-electron chi connectivity index (χ0n) is 18.0. The number of halogens is 2. The van der Waals surface area contributed by atoms with Gasteiger partial charge in [0.2, 0.25) is 0 Å². The summed E-state index contributed by atoms with van der Waals surface area (Å²) >= 11 is 0. The van der Waals surface area contributed by atoms with Crippen molar-refractivity contribution in [3.63, 3.8) is 0 Å². The van der Waals surface area contributed by atoms with Crippen LogP contribution in [-0.4, -0.2) is 28.9 Å². The third-order valence-corrected chi connectivity index (χ3v) is 6.13. The number of carbonyl (C=O) groups is 1. The highest BCUT2D eigenvalue weighted by Crippen LogP contribution is 2.34. The number of carbonyl (C=O) groups excluding carboxylic acids is 1. The van der Waals surface area contributed by atoms with Crippen LogP contribution in [0.4, 0.5) is 13.6 Å². The summed E-state index contributed by atoms with van der Waals surface area (Å²) in [5.41, 5.74) is 3.90. The summed E-state index contributed by atoms with van der Waals surface area (Å²) in [4.78, 5) is 17.1. The van der Waals surface area contributed by atoms with Gasteiger partial charge in [-0.05, 0) is 59.9 Å². The van der Waals surface area contributed by atoms with Crippen molar-refractivity contribution in [1.82, 2.24) is 9.80 Å². The Morgan fingerprint density at radius 3 is 2.03 bits per heavy atom. The summed E-state index contributed by atoms with van der Waals surface area (Å²) in [5.74, 6) is -0.545. The summed E-state index contributed by atoms with van der Waals surface area (Å²) in [6, 6.07) is 20.5. The van der Waals surface area contributed by atoms with Crippen LogP contribution in [0.1, 0.15) is 36.6 Å². The van der Waals surface area contributed by atoms with Gasteiger partial charge in [-0.3, -0.25) is 0 Å². The van der Waals surface area contributed by atoms with E-state index in [1.54, 1.807) is 35.2 Å². The van der Waals surface area contributed by atoms with Crippen molar-refractivity contribution >= 4 is 6.03 Å². The Morgan fingerprint density at radius 2 is 1.47 bits per heavy atom. The van der Waals surface area contributed by atoms with Crippen LogP contribution in [0.15, 0.2) is 85.5 Å². The molecule has 32 heavy (non-hydrogen) atoms. The Bertz CT molecular complexity index is 1080. The van der Waals surface area contributed by atoms with Gasteiger partial charge < -0.3 is 9.80 Å². The molecule has 0 spiro atoms. The average molecular weight is 433 g/mol. The number of benzene rings is 3. The summed E-state index contributed by atoms with van der Waals surface area (Å²) in [6.07, 6.45) is 2.48. The Morgan fingerprint density at radius 1 is 0.938 bits per heavy atom. The van der Waals surface area contributed by atoms with E-state index in [-0.39, 0.29) is 29.7 Å². The maximum Gasteiger partial charge on any atom is 0.321 e. The van der Waals surface area contributed by atoms with Gasteiger partial charge in [0.05, 0.1) is 12.1 Å². The highest BCUT2D eigenvalue weighted by atomic mass is 19.1. The molecule has 3 aromatic rings. The second-order valence-corrected chi connectivity index (χ2v) is 8.08. The van der Waals surface area contributed by atoms with Gasteiger partial charge in [-0.15, -0.1) is 6.58 Å². The molecule has 1 aliphatic heterocycles. The molecule has 3 aromatic carbocycles. The van der Waals surface area contributed by atoms with E-state index >= 15 is 0 Å². The molecule has 2 atom stereocenters. The highest BCUT2D eigenvalue weighted by molar-refractivity contribution is 5.77. The molecule has 0 N–H and O–H groups in total. The SMILES string of the molecule is C=CCN1C(=O)N([C@@H](C)c2ccc(-c3ccc(F)cc3)cc2)CCC1c1ccc(F)cc1. The Hall–Kier alpha value is -3.47. The lowest BCUT2D eigenvalue weighted by atomic mass is 9.97. The minimum Gasteiger partial charge on any atom is -0.318 e. The van der Waals surface area contributed by atoms with Crippen LogP contribution in [0.5, 0.6) is 0 Å². The second kappa shape index (κ2) is 9.35. The number of hydrogen-bond donors (Lipinski definition) is 0. The Labute approximate surface area is 187 Å². The minimum atomic E-state index is -0.287. The lowest BCUT2D eigenvalue weighted by Crippen LogP contribution is -2.51. The molecule has 0 bridgehead atoms. The largest absolute Gasteiger partial charge is 0.321 e. The molecule has 0 aromatic heterocycles. The fourth-order valence-corrected chi connectivity index (χ4v) is 4.32. The van der Waals surface area contributed by atoms with E-state index in [2.05, 4.69) is 6.58 Å². The number of hydrogen-bond acceptors (Lipinski definition) is 1. The van der Waals surface area contributed by atoms with E-state index in [9.17, 15) is 13.6 Å². The number of nitrogens with zero attached hydrogens (tertiary/aromatic N) is 2. The molecule has 0 aliphatic carbocycles. The van der Waals surface area contributed by atoms with Crippen LogP contribution >= 0.6 is 0 Å².